The number of carbonyl (C=O) groups excluding carboxylic acids is 2. The average molecular weight is 253 g/mol. The summed E-state index contributed by atoms with van der Waals surface area (Å²) in [6, 6.07) is 0. The highest BCUT2D eigenvalue weighted by atomic mass is 16.2. The molecule has 1 fully saturated rings. The van der Waals surface area contributed by atoms with E-state index in [0.717, 1.165) is 19.5 Å². The fourth-order valence-electron chi connectivity index (χ4n) is 1.98. The second-order valence-corrected chi connectivity index (χ2v) is 5.09. The number of amides is 2. The van der Waals surface area contributed by atoms with Crippen LogP contribution in [0.4, 0.5) is 0 Å². The topological polar surface area (TPSA) is 52.7 Å². The van der Waals surface area contributed by atoms with Gasteiger partial charge in [-0.3, -0.25) is 9.59 Å². The van der Waals surface area contributed by atoms with Crippen LogP contribution >= 0.6 is 0 Å². The normalized spacial score (nSPS) is 20.1. The smallest absolute Gasteiger partial charge is 0.243 e. The second-order valence-electron chi connectivity index (χ2n) is 5.09. The Kier molecular flexibility index (Phi) is 5.85. The monoisotopic (exact) mass is 253 g/mol. The molecule has 2 amide bonds. The van der Waals surface area contributed by atoms with E-state index in [9.17, 15) is 9.59 Å². The minimum absolute atomic E-state index is 0.0606. The molecule has 5 heteroatoms. The number of rotatable bonds is 6. The summed E-state index contributed by atoms with van der Waals surface area (Å²) >= 11 is 0. The number of likely N-dealkylation sites (tertiary alicyclic amines) is 1. The van der Waals surface area contributed by atoms with Crippen molar-refractivity contribution in [3.05, 3.63) is 12.2 Å². The quantitative estimate of drug-likeness (QED) is 0.683. The van der Waals surface area contributed by atoms with Gasteiger partial charge in [-0.15, -0.1) is 0 Å². The van der Waals surface area contributed by atoms with E-state index in [1.165, 1.54) is 0 Å². The highest BCUT2D eigenvalue weighted by Crippen LogP contribution is 2.18. The summed E-state index contributed by atoms with van der Waals surface area (Å²) in [6.45, 7) is 2.21. The fourth-order valence-corrected chi connectivity index (χ4v) is 1.98. The maximum Gasteiger partial charge on any atom is 0.243 e. The van der Waals surface area contributed by atoms with Crippen molar-refractivity contribution in [2.24, 2.45) is 5.92 Å². The van der Waals surface area contributed by atoms with E-state index in [4.69, 9.17) is 0 Å². The third-order valence-corrected chi connectivity index (χ3v) is 3.01. The first kappa shape index (κ1) is 14.7. The van der Waals surface area contributed by atoms with Crippen molar-refractivity contribution in [2.75, 3.05) is 40.8 Å². The van der Waals surface area contributed by atoms with Gasteiger partial charge < -0.3 is 15.1 Å². The first-order chi connectivity index (χ1) is 8.49. The van der Waals surface area contributed by atoms with Crippen LogP contribution in [0, 0.1) is 5.92 Å². The molecule has 5 nitrogen and oxygen atoms in total. The maximum absolute atomic E-state index is 11.4. The zero-order valence-corrected chi connectivity index (χ0v) is 11.5. The van der Waals surface area contributed by atoms with Crippen molar-refractivity contribution in [1.29, 1.82) is 0 Å². The van der Waals surface area contributed by atoms with E-state index < -0.39 is 0 Å². The van der Waals surface area contributed by atoms with E-state index in [0.29, 0.717) is 18.9 Å². The molecule has 0 radical (unpaired) electrons. The molecule has 0 spiro atoms. The highest BCUT2D eigenvalue weighted by molar-refractivity contribution is 5.87. The molecule has 1 rings (SSSR count). The molecule has 0 saturated carbocycles. The van der Waals surface area contributed by atoms with Crippen LogP contribution in [0.15, 0.2) is 12.2 Å². The Morgan fingerprint density at radius 3 is 2.83 bits per heavy atom. The summed E-state index contributed by atoms with van der Waals surface area (Å²) in [5.74, 6) is 0.528. The minimum atomic E-state index is -0.0606. The molecule has 18 heavy (non-hydrogen) atoms. The van der Waals surface area contributed by atoms with Crippen molar-refractivity contribution in [3.8, 4) is 0 Å². The summed E-state index contributed by atoms with van der Waals surface area (Å²) in [6.07, 6.45) is 4.88. The number of likely N-dealkylation sites (N-methyl/N-ethyl adjacent to an activating group) is 1. The highest BCUT2D eigenvalue weighted by Gasteiger charge is 2.25. The Morgan fingerprint density at radius 1 is 1.56 bits per heavy atom. The van der Waals surface area contributed by atoms with Crippen molar-refractivity contribution in [1.82, 2.24) is 15.1 Å². The first-order valence-corrected chi connectivity index (χ1v) is 6.32. The van der Waals surface area contributed by atoms with Crippen LogP contribution < -0.4 is 5.32 Å². The summed E-state index contributed by atoms with van der Waals surface area (Å²) in [4.78, 5) is 26.5. The van der Waals surface area contributed by atoms with Gasteiger partial charge in [0.25, 0.3) is 0 Å². The third kappa shape index (κ3) is 5.31. The Hall–Kier alpha value is -1.36. The molecule has 1 unspecified atom stereocenters. The Balaban J connectivity index is 2.12. The van der Waals surface area contributed by atoms with Gasteiger partial charge in [-0.05, 0) is 26.4 Å². The SMILES string of the molecule is CN(C)C/C=C/C(=O)NCCC1CC(=O)N(C)C1. The van der Waals surface area contributed by atoms with E-state index in [-0.39, 0.29) is 11.8 Å². The minimum Gasteiger partial charge on any atom is -0.353 e. The number of hydrogen-bond acceptors (Lipinski definition) is 3. The van der Waals surface area contributed by atoms with Gasteiger partial charge in [0.05, 0.1) is 0 Å². The summed E-state index contributed by atoms with van der Waals surface area (Å²) in [5.41, 5.74) is 0. The molecule has 102 valence electrons. The van der Waals surface area contributed by atoms with E-state index >= 15 is 0 Å². The van der Waals surface area contributed by atoms with Crippen LogP contribution in [0.3, 0.4) is 0 Å². The maximum atomic E-state index is 11.4. The Labute approximate surface area is 109 Å². The van der Waals surface area contributed by atoms with E-state index in [1.807, 2.05) is 32.1 Å². The van der Waals surface area contributed by atoms with Crippen LogP contribution in [-0.4, -0.2) is 62.4 Å². The molecular weight excluding hydrogens is 230 g/mol. The summed E-state index contributed by atoms with van der Waals surface area (Å²) < 4.78 is 0. The number of carbonyl (C=O) groups is 2. The summed E-state index contributed by atoms with van der Waals surface area (Å²) in [5, 5.41) is 2.84. The van der Waals surface area contributed by atoms with Crippen LogP contribution in [0.5, 0.6) is 0 Å². The van der Waals surface area contributed by atoms with Crippen LogP contribution in [0.1, 0.15) is 12.8 Å². The van der Waals surface area contributed by atoms with Crippen LogP contribution in [-0.2, 0) is 9.59 Å². The Bertz CT molecular complexity index is 326. The van der Waals surface area contributed by atoms with Gasteiger partial charge >= 0.3 is 0 Å². The fraction of sp³-hybridized carbons (Fsp3) is 0.692. The van der Waals surface area contributed by atoms with Gasteiger partial charge in [0.15, 0.2) is 0 Å². The molecule has 0 bridgehead atoms. The molecule has 1 aliphatic rings. The number of nitrogens with one attached hydrogen (secondary N) is 1. The van der Waals surface area contributed by atoms with Crippen LogP contribution in [0.25, 0.3) is 0 Å². The lowest BCUT2D eigenvalue weighted by atomic mass is 10.1. The lowest BCUT2D eigenvalue weighted by Gasteiger charge is -2.10. The molecule has 1 heterocycles. The Morgan fingerprint density at radius 2 is 2.28 bits per heavy atom. The molecule has 1 saturated heterocycles. The van der Waals surface area contributed by atoms with Gasteiger partial charge in [-0.2, -0.15) is 0 Å². The summed E-state index contributed by atoms with van der Waals surface area (Å²) in [7, 11) is 5.73. The molecule has 0 aliphatic carbocycles. The van der Waals surface area contributed by atoms with Gasteiger partial charge in [0, 0.05) is 39.2 Å². The predicted molar refractivity (Wildman–Crippen MR) is 71.1 cm³/mol. The van der Waals surface area contributed by atoms with Crippen molar-refractivity contribution in [2.45, 2.75) is 12.8 Å². The largest absolute Gasteiger partial charge is 0.353 e. The van der Waals surface area contributed by atoms with E-state index in [1.54, 1.807) is 11.0 Å². The average Bonchev–Trinajstić information content (AvgIpc) is 2.57. The van der Waals surface area contributed by atoms with Gasteiger partial charge in [-0.25, -0.2) is 0 Å². The molecule has 1 atom stereocenters. The zero-order chi connectivity index (χ0) is 13.5. The molecule has 0 aromatic heterocycles. The molecule has 1 aliphatic heterocycles. The number of hydrogen-bond donors (Lipinski definition) is 1. The first-order valence-electron chi connectivity index (χ1n) is 6.32. The lowest BCUT2D eigenvalue weighted by Crippen LogP contribution is -2.25. The second kappa shape index (κ2) is 7.16. The molecular formula is C13H23N3O2. The zero-order valence-electron chi connectivity index (χ0n) is 11.5. The molecule has 1 N–H and O–H groups in total. The van der Waals surface area contributed by atoms with Gasteiger partial charge in [0.2, 0.25) is 11.8 Å². The predicted octanol–water partition coefficient (Wildman–Crippen LogP) is 0.0888. The molecule has 0 aromatic rings. The van der Waals surface area contributed by atoms with Gasteiger partial charge in [0.1, 0.15) is 0 Å². The van der Waals surface area contributed by atoms with Crippen molar-refractivity contribution < 1.29 is 9.59 Å². The van der Waals surface area contributed by atoms with Crippen molar-refractivity contribution >= 4 is 11.8 Å². The van der Waals surface area contributed by atoms with Gasteiger partial charge in [-0.1, -0.05) is 6.08 Å². The molecule has 0 aromatic carbocycles. The van der Waals surface area contributed by atoms with Crippen molar-refractivity contribution in [3.63, 3.8) is 0 Å². The third-order valence-electron chi connectivity index (χ3n) is 3.01. The van der Waals surface area contributed by atoms with Crippen LogP contribution in [0.2, 0.25) is 0 Å². The lowest BCUT2D eigenvalue weighted by molar-refractivity contribution is -0.126. The van der Waals surface area contributed by atoms with E-state index in [2.05, 4.69) is 5.32 Å². The standard InChI is InChI=1S/C13H23N3O2/c1-15(2)8-4-5-12(17)14-7-6-11-9-13(18)16(3)10-11/h4-5,11H,6-10H2,1-3H3,(H,14,17)/b5-4+. The number of nitrogens with zero attached hydrogens (tertiary/aromatic N) is 2.